The van der Waals surface area contributed by atoms with Gasteiger partial charge in [0.15, 0.2) is 0 Å². The van der Waals surface area contributed by atoms with Crippen LogP contribution in [0.4, 0.5) is 15.8 Å². The van der Waals surface area contributed by atoms with E-state index in [1.165, 1.54) is 12.1 Å². The van der Waals surface area contributed by atoms with E-state index in [-0.39, 0.29) is 11.7 Å². The first-order valence-electron chi connectivity index (χ1n) is 10.9. The SMILES string of the molecule is CC(O)c1ccc2c(c1)CC(=O)N2CCCCN1CCN(c2ccc(F)cc2)CC1. The molecule has 0 bridgehead atoms. The van der Waals surface area contributed by atoms with Gasteiger partial charge in [-0.25, -0.2) is 4.39 Å². The van der Waals surface area contributed by atoms with Crippen molar-refractivity contribution in [3.05, 3.63) is 59.4 Å². The predicted octanol–water partition coefficient (Wildman–Crippen LogP) is 3.37. The zero-order valence-corrected chi connectivity index (χ0v) is 17.6. The molecule has 2 aliphatic rings. The highest BCUT2D eigenvalue weighted by Gasteiger charge is 2.27. The van der Waals surface area contributed by atoms with Crippen molar-refractivity contribution in [2.45, 2.75) is 32.3 Å². The number of unbranched alkanes of at least 4 members (excludes halogenated alkanes) is 1. The summed E-state index contributed by atoms with van der Waals surface area (Å²) in [6.45, 7) is 7.44. The van der Waals surface area contributed by atoms with Crippen molar-refractivity contribution in [2.75, 3.05) is 49.1 Å². The van der Waals surface area contributed by atoms with Crippen LogP contribution in [0.3, 0.4) is 0 Å². The minimum absolute atomic E-state index is 0.153. The van der Waals surface area contributed by atoms with Gasteiger partial charge in [0.2, 0.25) is 5.91 Å². The standard InChI is InChI=1S/C24H30FN3O2/c1-18(29)19-4-9-23-20(16-19)17-24(30)28(23)11-3-2-10-26-12-14-27(15-13-26)22-7-5-21(25)6-8-22/h4-9,16,18,29H,2-3,10-15,17H2,1H3. The molecule has 4 rings (SSSR count). The number of hydrogen-bond donors (Lipinski definition) is 1. The Bertz CT molecular complexity index is 877. The Balaban J connectivity index is 1.21. The number of hydrogen-bond acceptors (Lipinski definition) is 4. The van der Waals surface area contributed by atoms with E-state index >= 15 is 0 Å². The molecule has 2 heterocycles. The van der Waals surface area contributed by atoms with Crippen molar-refractivity contribution in [1.29, 1.82) is 0 Å². The lowest BCUT2D eigenvalue weighted by molar-refractivity contribution is -0.117. The molecule has 0 saturated carbocycles. The summed E-state index contributed by atoms with van der Waals surface area (Å²) in [7, 11) is 0. The molecule has 5 nitrogen and oxygen atoms in total. The van der Waals surface area contributed by atoms with E-state index in [2.05, 4.69) is 9.80 Å². The fraction of sp³-hybridized carbons (Fsp3) is 0.458. The second kappa shape index (κ2) is 9.14. The van der Waals surface area contributed by atoms with Crippen LogP contribution in [0.2, 0.25) is 0 Å². The number of piperazine rings is 1. The van der Waals surface area contributed by atoms with Gasteiger partial charge in [-0.2, -0.15) is 0 Å². The fourth-order valence-electron chi connectivity index (χ4n) is 4.39. The van der Waals surface area contributed by atoms with Crippen LogP contribution in [0.5, 0.6) is 0 Å². The predicted molar refractivity (Wildman–Crippen MR) is 117 cm³/mol. The number of fused-ring (bicyclic) bond motifs is 1. The highest BCUT2D eigenvalue weighted by molar-refractivity contribution is 6.01. The van der Waals surface area contributed by atoms with Gasteiger partial charge < -0.3 is 14.9 Å². The highest BCUT2D eigenvalue weighted by Crippen LogP contribution is 2.31. The van der Waals surface area contributed by atoms with Crippen LogP contribution in [0.1, 0.15) is 37.0 Å². The molecule has 2 aliphatic heterocycles. The number of halogens is 1. The molecule has 2 aromatic carbocycles. The van der Waals surface area contributed by atoms with Gasteiger partial charge >= 0.3 is 0 Å². The second-order valence-electron chi connectivity index (χ2n) is 8.30. The summed E-state index contributed by atoms with van der Waals surface area (Å²) >= 11 is 0. The Hall–Kier alpha value is -2.44. The number of amides is 1. The smallest absolute Gasteiger partial charge is 0.231 e. The van der Waals surface area contributed by atoms with Crippen molar-refractivity contribution in [2.24, 2.45) is 0 Å². The van der Waals surface area contributed by atoms with Crippen molar-refractivity contribution < 1.29 is 14.3 Å². The van der Waals surface area contributed by atoms with Gasteiger partial charge in [0, 0.05) is 44.1 Å². The van der Waals surface area contributed by atoms with Crippen LogP contribution in [0.15, 0.2) is 42.5 Å². The molecular weight excluding hydrogens is 381 g/mol. The van der Waals surface area contributed by atoms with Crippen molar-refractivity contribution in [1.82, 2.24) is 4.90 Å². The van der Waals surface area contributed by atoms with E-state index in [0.717, 1.165) is 74.6 Å². The molecule has 1 amide bonds. The molecule has 160 valence electrons. The topological polar surface area (TPSA) is 47.0 Å². The molecule has 2 aromatic rings. The van der Waals surface area contributed by atoms with Crippen molar-refractivity contribution in [3.8, 4) is 0 Å². The first-order valence-corrected chi connectivity index (χ1v) is 10.9. The number of carbonyl (C=O) groups excluding carboxylic acids is 1. The fourth-order valence-corrected chi connectivity index (χ4v) is 4.39. The molecule has 0 radical (unpaired) electrons. The minimum atomic E-state index is -0.511. The lowest BCUT2D eigenvalue weighted by Crippen LogP contribution is -2.46. The maximum absolute atomic E-state index is 13.1. The molecule has 1 unspecified atom stereocenters. The molecule has 1 N–H and O–H groups in total. The molecule has 0 aliphatic carbocycles. The van der Waals surface area contributed by atoms with Gasteiger partial charge in [0.1, 0.15) is 5.82 Å². The maximum atomic E-state index is 13.1. The number of carbonyl (C=O) groups is 1. The quantitative estimate of drug-likeness (QED) is 0.710. The minimum Gasteiger partial charge on any atom is -0.389 e. The Morgan fingerprint density at radius 3 is 2.40 bits per heavy atom. The summed E-state index contributed by atoms with van der Waals surface area (Å²) < 4.78 is 13.1. The average Bonchev–Trinajstić information content (AvgIpc) is 3.06. The summed E-state index contributed by atoms with van der Waals surface area (Å²) in [4.78, 5) is 19.1. The molecule has 1 fully saturated rings. The largest absolute Gasteiger partial charge is 0.389 e. The summed E-state index contributed by atoms with van der Waals surface area (Å²) in [5.74, 6) is -0.0412. The van der Waals surface area contributed by atoms with Gasteiger partial charge in [-0.15, -0.1) is 0 Å². The zero-order chi connectivity index (χ0) is 21.1. The van der Waals surface area contributed by atoms with Gasteiger partial charge in [0.05, 0.1) is 12.5 Å². The Labute approximate surface area is 177 Å². The molecule has 1 atom stereocenters. The van der Waals surface area contributed by atoms with E-state index in [1.807, 2.05) is 35.2 Å². The van der Waals surface area contributed by atoms with E-state index in [4.69, 9.17) is 0 Å². The van der Waals surface area contributed by atoms with Crippen molar-refractivity contribution >= 4 is 17.3 Å². The Morgan fingerprint density at radius 1 is 1.00 bits per heavy atom. The molecule has 6 heteroatoms. The molecular formula is C24H30FN3O2. The monoisotopic (exact) mass is 411 g/mol. The first kappa shape index (κ1) is 20.8. The van der Waals surface area contributed by atoms with E-state index in [0.29, 0.717) is 6.42 Å². The lowest BCUT2D eigenvalue weighted by Gasteiger charge is -2.36. The molecule has 0 spiro atoms. The normalized spacial score (nSPS) is 18.0. The zero-order valence-electron chi connectivity index (χ0n) is 17.6. The third-order valence-electron chi connectivity index (χ3n) is 6.19. The first-order chi connectivity index (χ1) is 14.5. The number of anilines is 2. The van der Waals surface area contributed by atoms with Crippen molar-refractivity contribution in [3.63, 3.8) is 0 Å². The number of benzene rings is 2. The summed E-state index contributed by atoms with van der Waals surface area (Å²) in [6.07, 6.45) is 1.95. The third kappa shape index (κ3) is 4.65. The van der Waals surface area contributed by atoms with Crippen LogP contribution < -0.4 is 9.80 Å². The number of rotatable bonds is 7. The van der Waals surface area contributed by atoms with E-state index in [9.17, 15) is 14.3 Å². The molecule has 1 saturated heterocycles. The van der Waals surface area contributed by atoms with Gasteiger partial charge in [-0.05, 0) is 67.8 Å². The van der Waals surface area contributed by atoms with Crippen LogP contribution in [0, 0.1) is 5.82 Å². The van der Waals surface area contributed by atoms with Crippen LogP contribution >= 0.6 is 0 Å². The maximum Gasteiger partial charge on any atom is 0.231 e. The molecule has 30 heavy (non-hydrogen) atoms. The van der Waals surface area contributed by atoms with Crippen LogP contribution in [-0.2, 0) is 11.2 Å². The van der Waals surface area contributed by atoms with E-state index < -0.39 is 6.10 Å². The summed E-state index contributed by atoms with van der Waals surface area (Å²) in [5.41, 5.74) is 3.97. The van der Waals surface area contributed by atoms with Gasteiger partial charge in [0.25, 0.3) is 0 Å². The summed E-state index contributed by atoms with van der Waals surface area (Å²) in [5, 5.41) is 9.75. The lowest BCUT2D eigenvalue weighted by atomic mass is 10.1. The van der Waals surface area contributed by atoms with Crippen LogP contribution in [0.25, 0.3) is 0 Å². The van der Waals surface area contributed by atoms with Crippen LogP contribution in [-0.4, -0.2) is 55.2 Å². The number of nitrogens with zero attached hydrogens (tertiary/aromatic N) is 3. The van der Waals surface area contributed by atoms with Gasteiger partial charge in [-0.1, -0.05) is 12.1 Å². The Kier molecular flexibility index (Phi) is 6.35. The number of aliphatic hydroxyl groups is 1. The van der Waals surface area contributed by atoms with E-state index in [1.54, 1.807) is 6.92 Å². The average molecular weight is 412 g/mol. The highest BCUT2D eigenvalue weighted by atomic mass is 19.1. The number of aliphatic hydroxyl groups excluding tert-OH is 1. The molecule has 0 aromatic heterocycles. The van der Waals surface area contributed by atoms with Gasteiger partial charge in [-0.3, -0.25) is 9.69 Å². The second-order valence-corrected chi connectivity index (χ2v) is 8.30. The third-order valence-corrected chi connectivity index (χ3v) is 6.19. The summed E-state index contributed by atoms with van der Waals surface area (Å²) in [6, 6.07) is 12.6. The Morgan fingerprint density at radius 2 is 1.70 bits per heavy atom.